The fourth-order valence-electron chi connectivity index (χ4n) is 3.41. The first-order valence-electron chi connectivity index (χ1n) is 9.48. The number of likely N-dealkylation sites (N-methyl/N-ethyl adjacent to an activating group) is 1. The molecule has 0 radical (unpaired) electrons. The van der Waals surface area contributed by atoms with Gasteiger partial charge in [-0.25, -0.2) is 0 Å². The average molecular weight is 367 g/mol. The number of aryl methyl sites for hydroxylation is 1. The first kappa shape index (κ1) is 19.4. The number of ether oxygens (including phenoxy) is 1. The maximum atomic E-state index is 12.6. The lowest BCUT2D eigenvalue weighted by molar-refractivity contribution is 0.0886. The molecule has 1 fully saturated rings. The summed E-state index contributed by atoms with van der Waals surface area (Å²) < 4.78 is 5.16. The lowest BCUT2D eigenvalue weighted by Crippen LogP contribution is -2.48. The van der Waals surface area contributed by atoms with Crippen LogP contribution in [-0.2, 0) is 0 Å². The van der Waals surface area contributed by atoms with E-state index in [0.717, 1.165) is 31.9 Å². The number of carbonyl (C=O) groups excluding carboxylic acids is 1. The first-order valence-corrected chi connectivity index (χ1v) is 9.48. The monoisotopic (exact) mass is 367 g/mol. The van der Waals surface area contributed by atoms with Crippen LogP contribution in [0.5, 0.6) is 5.75 Å². The summed E-state index contributed by atoms with van der Waals surface area (Å²) in [6.07, 6.45) is 0. The second-order valence-electron chi connectivity index (χ2n) is 7.20. The Morgan fingerprint density at radius 3 is 2.26 bits per heavy atom. The number of piperazine rings is 1. The molecule has 5 heteroatoms. The minimum absolute atomic E-state index is 0.0520. The van der Waals surface area contributed by atoms with Crippen LogP contribution in [0, 0.1) is 6.92 Å². The fraction of sp³-hybridized carbons (Fsp3) is 0.409. The maximum absolute atomic E-state index is 12.6. The molecule has 1 aliphatic rings. The molecule has 1 aliphatic heterocycles. The Morgan fingerprint density at radius 2 is 1.67 bits per heavy atom. The van der Waals surface area contributed by atoms with Crippen molar-refractivity contribution in [2.75, 3.05) is 46.9 Å². The summed E-state index contributed by atoms with van der Waals surface area (Å²) in [6.45, 7) is 6.81. The highest BCUT2D eigenvalue weighted by Crippen LogP contribution is 2.22. The molecule has 3 rings (SSSR count). The van der Waals surface area contributed by atoms with Crippen LogP contribution in [0.4, 0.5) is 0 Å². The van der Waals surface area contributed by atoms with Crippen LogP contribution in [0.2, 0.25) is 0 Å². The molecule has 144 valence electrons. The SMILES string of the molecule is COc1ccc(C(=O)NC[C@@H](c2ccc(C)cc2)N2CCN(C)CC2)cc1. The van der Waals surface area contributed by atoms with E-state index < -0.39 is 0 Å². The lowest BCUT2D eigenvalue weighted by atomic mass is 10.0. The zero-order valence-corrected chi connectivity index (χ0v) is 16.4. The van der Waals surface area contributed by atoms with Crippen molar-refractivity contribution >= 4 is 5.91 Å². The molecule has 0 bridgehead atoms. The van der Waals surface area contributed by atoms with E-state index in [9.17, 15) is 4.79 Å². The molecule has 0 spiro atoms. The zero-order chi connectivity index (χ0) is 19.2. The fourth-order valence-corrected chi connectivity index (χ4v) is 3.41. The van der Waals surface area contributed by atoms with Crippen molar-refractivity contribution in [2.24, 2.45) is 0 Å². The Morgan fingerprint density at radius 1 is 1.04 bits per heavy atom. The molecule has 0 unspecified atom stereocenters. The Balaban J connectivity index is 1.70. The molecule has 0 aromatic heterocycles. The number of nitrogens with one attached hydrogen (secondary N) is 1. The number of methoxy groups -OCH3 is 1. The number of benzene rings is 2. The van der Waals surface area contributed by atoms with Gasteiger partial charge in [0.15, 0.2) is 0 Å². The van der Waals surface area contributed by atoms with Crippen LogP contribution in [0.1, 0.15) is 27.5 Å². The number of hydrogen-bond acceptors (Lipinski definition) is 4. The van der Waals surface area contributed by atoms with Gasteiger partial charge in [-0.2, -0.15) is 0 Å². The molecular formula is C22H29N3O2. The molecule has 0 saturated carbocycles. The van der Waals surface area contributed by atoms with E-state index in [0.29, 0.717) is 12.1 Å². The third-order valence-electron chi connectivity index (χ3n) is 5.25. The van der Waals surface area contributed by atoms with Gasteiger partial charge in [0.1, 0.15) is 5.75 Å². The van der Waals surface area contributed by atoms with E-state index in [-0.39, 0.29) is 11.9 Å². The number of rotatable bonds is 6. The molecule has 2 aromatic carbocycles. The van der Waals surface area contributed by atoms with Gasteiger partial charge in [-0.3, -0.25) is 9.69 Å². The Hall–Kier alpha value is -2.37. The quantitative estimate of drug-likeness (QED) is 0.853. The average Bonchev–Trinajstić information content (AvgIpc) is 2.70. The predicted octanol–water partition coefficient (Wildman–Crippen LogP) is 2.72. The van der Waals surface area contributed by atoms with Gasteiger partial charge in [-0.1, -0.05) is 29.8 Å². The Kier molecular flexibility index (Phi) is 6.48. The van der Waals surface area contributed by atoms with Crippen LogP contribution in [0.25, 0.3) is 0 Å². The number of nitrogens with zero attached hydrogens (tertiary/aromatic N) is 2. The lowest BCUT2D eigenvalue weighted by Gasteiger charge is -2.38. The van der Waals surface area contributed by atoms with Crippen LogP contribution < -0.4 is 10.1 Å². The first-order chi connectivity index (χ1) is 13.1. The van der Waals surface area contributed by atoms with Gasteiger partial charge < -0.3 is 15.0 Å². The molecule has 1 N–H and O–H groups in total. The number of amides is 1. The molecule has 1 amide bonds. The second kappa shape index (κ2) is 9.02. The van der Waals surface area contributed by atoms with Gasteiger partial charge in [-0.15, -0.1) is 0 Å². The third-order valence-corrected chi connectivity index (χ3v) is 5.25. The Bertz CT molecular complexity index is 735. The van der Waals surface area contributed by atoms with E-state index in [1.807, 2.05) is 12.1 Å². The highest BCUT2D eigenvalue weighted by atomic mass is 16.5. The minimum Gasteiger partial charge on any atom is -0.497 e. The van der Waals surface area contributed by atoms with Crippen LogP contribution in [-0.4, -0.2) is 62.6 Å². The van der Waals surface area contributed by atoms with Crippen molar-refractivity contribution in [1.29, 1.82) is 0 Å². The second-order valence-corrected chi connectivity index (χ2v) is 7.20. The zero-order valence-electron chi connectivity index (χ0n) is 16.4. The summed E-state index contributed by atoms with van der Waals surface area (Å²) in [4.78, 5) is 17.4. The number of carbonyl (C=O) groups is 1. The molecule has 1 saturated heterocycles. The molecule has 1 heterocycles. The van der Waals surface area contributed by atoms with Gasteiger partial charge in [0, 0.05) is 38.3 Å². The van der Waals surface area contributed by atoms with Gasteiger partial charge in [0.2, 0.25) is 0 Å². The van der Waals surface area contributed by atoms with E-state index in [2.05, 4.69) is 53.4 Å². The minimum atomic E-state index is -0.0520. The van der Waals surface area contributed by atoms with Crippen LogP contribution in [0.15, 0.2) is 48.5 Å². The van der Waals surface area contributed by atoms with Crippen molar-refractivity contribution in [3.05, 3.63) is 65.2 Å². The van der Waals surface area contributed by atoms with Gasteiger partial charge in [0.25, 0.3) is 5.91 Å². The van der Waals surface area contributed by atoms with E-state index >= 15 is 0 Å². The Labute approximate surface area is 161 Å². The number of hydrogen-bond donors (Lipinski definition) is 1. The molecule has 0 aliphatic carbocycles. The molecular weight excluding hydrogens is 338 g/mol. The largest absolute Gasteiger partial charge is 0.497 e. The van der Waals surface area contributed by atoms with E-state index in [1.165, 1.54) is 11.1 Å². The maximum Gasteiger partial charge on any atom is 0.251 e. The van der Waals surface area contributed by atoms with Gasteiger partial charge in [-0.05, 0) is 43.8 Å². The third kappa shape index (κ3) is 5.08. The van der Waals surface area contributed by atoms with E-state index in [4.69, 9.17) is 4.74 Å². The topological polar surface area (TPSA) is 44.8 Å². The standard InChI is InChI=1S/C22H29N3O2/c1-17-4-6-18(7-5-17)21(25-14-12-24(2)13-15-25)16-23-22(26)19-8-10-20(27-3)11-9-19/h4-11,21H,12-16H2,1-3H3,(H,23,26)/t21-/m0/s1. The molecule has 5 nitrogen and oxygen atoms in total. The van der Waals surface area contributed by atoms with Crippen molar-refractivity contribution in [2.45, 2.75) is 13.0 Å². The predicted molar refractivity (Wildman–Crippen MR) is 108 cm³/mol. The van der Waals surface area contributed by atoms with Gasteiger partial charge >= 0.3 is 0 Å². The summed E-state index contributed by atoms with van der Waals surface area (Å²) in [6, 6.07) is 16.0. The van der Waals surface area contributed by atoms with Crippen molar-refractivity contribution in [3.63, 3.8) is 0 Å². The van der Waals surface area contributed by atoms with Crippen molar-refractivity contribution in [3.8, 4) is 5.75 Å². The van der Waals surface area contributed by atoms with Crippen LogP contribution in [0.3, 0.4) is 0 Å². The summed E-state index contributed by atoms with van der Waals surface area (Å²) in [7, 11) is 3.78. The molecule has 27 heavy (non-hydrogen) atoms. The highest BCUT2D eigenvalue weighted by molar-refractivity contribution is 5.94. The normalized spacial score (nSPS) is 16.7. The van der Waals surface area contributed by atoms with Crippen molar-refractivity contribution in [1.82, 2.24) is 15.1 Å². The summed E-state index contributed by atoms with van der Waals surface area (Å²) in [5, 5.41) is 3.12. The highest BCUT2D eigenvalue weighted by Gasteiger charge is 2.24. The summed E-state index contributed by atoms with van der Waals surface area (Å²) >= 11 is 0. The van der Waals surface area contributed by atoms with E-state index in [1.54, 1.807) is 19.2 Å². The van der Waals surface area contributed by atoms with Crippen LogP contribution >= 0.6 is 0 Å². The van der Waals surface area contributed by atoms with Gasteiger partial charge in [0.05, 0.1) is 13.2 Å². The summed E-state index contributed by atoms with van der Waals surface area (Å²) in [5.41, 5.74) is 3.15. The molecule has 2 aromatic rings. The molecule has 1 atom stereocenters. The summed E-state index contributed by atoms with van der Waals surface area (Å²) in [5.74, 6) is 0.699. The van der Waals surface area contributed by atoms with Crippen molar-refractivity contribution < 1.29 is 9.53 Å². The smallest absolute Gasteiger partial charge is 0.251 e.